The number of halogens is 1. The van der Waals surface area contributed by atoms with E-state index in [0.29, 0.717) is 24.2 Å². The number of amides is 1. The molecule has 1 aromatic carbocycles. The number of carbonyl (C=O) groups is 2. The number of aliphatic carboxylic acids is 1. The third-order valence-corrected chi connectivity index (χ3v) is 4.96. The Balaban J connectivity index is 0.00000450. The molecule has 7 nitrogen and oxygen atoms in total. The maximum atomic E-state index is 13.4. The Morgan fingerprint density at radius 2 is 1.80 bits per heavy atom. The van der Waals surface area contributed by atoms with Crippen molar-refractivity contribution in [3.05, 3.63) is 47.0 Å². The monoisotopic (exact) mass is 428 g/mol. The molecule has 0 saturated carbocycles. The van der Waals surface area contributed by atoms with Crippen LogP contribution in [0.5, 0.6) is 0 Å². The van der Waals surface area contributed by atoms with Gasteiger partial charge in [0.2, 0.25) is 0 Å². The van der Waals surface area contributed by atoms with Gasteiger partial charge in [-0.3, -0.25) is 4.79 Å². The van der Waals surface area contributed by atoms with E-state index in [1.165, 1.54) is 12.1 Å². The first-order valence-electron chi connectivity index (χ1n) is 9.49. The zero-order valence-electron chi connectivity index (χ0n) is 17.5. The SMILES string of the molecule is CCn1c(CC[C@@H](O)C[C@@H](O)CC(=O)[O-])c(-c2ccc(F)cc2)c(C)c1C(N)=O.[Na+]. The van der Waals surface area contributed by atoms with Crippen LogP contribution in [-0.4, -0.2) is 38.9 Å². The van der Waals surface area contributed by atoms with E-state index in [1.54, 1.807) is 23.6 Å². The summed E-state index contributed by atoms with van der Waals surface area (Å²) in [6, 6.07) is 5.89. The van der Waals surface area contributed by atoms with Crippen LogP contribution in [0.25, 0.3) is 11.1 Å². The quantitative estimate of drug-likeness (QED) is 0.374. The topological polar surface area (TPSA) is 129 Å². The summed E-state index contributed by atoms with van der Waals surface area (Å²) in [5.41, 5.74) is 8.85. The van der Waals surface area contributed by atoms with Gasteiger partial charge in [0.15, 0.2) is 0 Å². The van der Waals surface area contributed by atoms with Gasteiger partial charge < -0.3 is 30.4 Å². The van der Waals surface area contributed by atoms with E-state index in [-0.39, 0.29) is 48.2 Å². The second kappa shape index (κ2) is 11.6. The van der Waals surface area contributed by atoms with Crippen LogP contribution in [0.1, 0.15) is 47.9 Å². The summed E-state index contributed by atoms with van der Waals surface area (Å²) in [5.74, 6) is -2.34. The second-order valence-electron chi connectivity index (χ2n) is 7.07. The van der Waals surface area contributed by atoms with Crippen molar-refractivity contribution in [1.82, 2.24) is 4.57 Å². The van der Waals surface area contributed by atoms with Crippen molar-refractivity contribution >= 4 is 11.9 Å². The van der Waals surface area contributed by atoms with Gasteiger partial charge in [0.05, 0.1) is 12.2 Å². The van der Waals surface area contributed by atoms with Gasteiger partial charge in [-0.1, -0.05) is 12.1 Å². The van der Waals surface area contributed by atoms with Gasteiger partial charge in [0.1, 0.15) is 11.5 Å². The van der Waals surface area contributed by atoms with Crippen LogP contribution in [0.3, 0.4) is 0 Å². The minimum absolute atomic E-state index is 0. The molecule has 0 aliphatic rings. The standard InChI is InChI=1S/C21H27FN2O5.Na/c1-3-24-17(9-8-15(25)10-16(26)11-18(27)28)19(12(2)20(24)21(23)29)13-4-6-14(22)7-5-13;/h4-7,15-16,25-26H,3,8-11H2,1-2H3,(H2,23,29)(H,27,28);/q;+1/p-1/t15-,16-;/m1./s1. The number of aromatic nitrogens is 1. The summed E-state index contributed by atoms with van der Waals surface area (Å²) in [6.07, 6.45) is -2.20. The van der Waals surface area contributed by atoms with Gasteiger partial charge in [-0.05, 0) is 56.4 Å². The Hall–Kier alpha value is -1.71. The van der Waals surface area contributed by atoms with Crippen LogP contribution in [0, 0.1) is 12.7 Å². The molecule has 0 aliphatic carbocycles. The Kier molecular flexibility index (Phi) is 10.2. The zero-order chi connectivity index (χ0) is 21.7. The summed E-state index contributed by atoms with van der Waals surface area (Å²) < 4.78 is 15.1. The molecule has 0 unspecified atom stereocenters. The number of aliphatic hydroxyl groups is 2. The summed E-state index contributed by atoms with van der Waals surface area (Å²) in [5, 5.41) is 30.5. The number of carboxylic acid groups (broad SMARTS) is 1. The third-order valence-electron chi connectivity index (χ3n) is 4.96. The molecule has 0 bridgehead atoms. The molecule has 1 heterocycles. The summed E-state index contributed by atoms with van der Waals surface area (Å²) in [6.45, 7) is 4.11. The van der Waals surface area contributed by atoms with E-state index in [1.807, 2.05) is 6.92 Å². The molecule has 158 valence electrons. The molecular formula is C21H26FN2NaO5. The number of benzene rings is 1. The van der Waals surface area contributed by atoms with Gasteiger partial charge in [0.25, 0.3) is 5.91 Å². The fraction of sp³-hybridized carbons (Fsp3) is 0.429. The maximum absolute atomic E-state index is 13.4. The van der Waals surface area contributed by atoms with Gasteiger partial charge in [-0.15, -0.1) is 0 Å². The molecule has 2 aromatic rings. The second-order valence-corrected chi connectivity index (χ2v) is 7.07. The molecule has 2 rings (SSSR count). The molecule has 0 aliphatic heterocycles. The van der Waals surface area contributed by atoms with Crippen LogP contribution < -0.4 is 40.4 Å². The molecule has 1 aromatic heterocycles. The van der Waals surface area contributed by atoms with E-state index in [4.69, 9.17) is 5.73 Å². The Morgan fingerprint density at radius 1 is 1.20 bits per heavy atom. The minimum Gasteiger partial charge on any atom is -0.550 e. The maximum Gasteiger partial charge on any atom is 1.00 e. The van der Waals surface area contributed by atoms with Crippen molar-refractivity contribution in [1.29, 1.82) is 0 Å². The molecule has 4 N–H and O–H groups in total. The molecular weight excluding hydrogens is 402 g/mol. The predicted molar refractivity (Wildman–Crippen MR) is 103 cm³/mol. The van der Waals surface area contributed by atoms with E-state index < -0.39 is 30.5 Å². The molecule has 30 heavy (non-hydrogen) atoms. The van der Waals surface area contributed by atoms with Gasteiger partial charge in [-0.2, -0.15) is 0 Å². The van der Waals surface area contributed by atoms with Crippen molar-refractivity contribution in [3.8, 4) is 11.1 Å². The molecule has 0 saturated heterocycles. The van der Waals surface area contributed by atoms with Crippen LogP contribution in [-0.2, 0) is 17.8 Å². The fourth-order valence-corrected chi connectivity index (χ4v) is 3.74. The Bertz CT molecular complexity index is 883. The third kappa shape index (κ3) is 6.39. The Labute approximate surface area is 197 Å². The van der Waals surface area contributed by atoms with Gasteiger partial charge in [0, 0.05) is 30.2 Å². The number of carboxylic acids is 1. The van der Waals surface area contributed by atoms with Crippen LogP contribution in [0.2, 0.25) is 0 Å². The normalized spacial score (nSPS) is 12.8. The van der Waals surface area contributed by atoms with Crippen molar-refractivity contribution in [2.45, 2.75) is 58.3 Å². The van der Waals surface area contributed by atoms with Gasteiger partial charge in [-0.25, -0.2) is 4.39 Å². The summed E-state index contributed by atoms with van der Waals surface area (Å²) >= 11 is 0. The average molecular weight is 428 g/mol. The van der Waals surface area contributed by atoms with Crippen LogP contribution in [0.4, 0.5) is 4.39 Å². The first-order valence-corrected chi connectivity index (χ1v) is 9.49. The van der Waals surface area contributed by atoms with Crippen LogP contribution in [0.15, 0.2) is 24.3 Å². The van der Waals surface area contributed by atoms with Crippen LogP contribution >= 0.6 is 0 Å². The molecule has 0 spiro atoms. The van der Waals surface area contributed by atoms with E-state index >= 15 is 0 Å². The number of primary amides is 1. The molecule has 1 amide bonds. The first-order chi connectivity index (χ1) is 13.6. The van der Waals surface area contributed by atoms with E-state index in [2.05, 4.69) is 0 Å². The number of hydrogen-bond acceptors (Lipinski definition) is 5. The minimum atomic E-state index is -1.38. The number of carbonyl (C=O) groups excluding carboxylic acids is 2. The summed E-state index contributed by atoms with van der Waals surface area (Å²) in [7, 11) is 0. The van der Waals surface area contributed by atoms with E-state index in [9.17, 15) is 29.3 Å². The number of rotatable bonds is 10. The molecule has 0 radical (unpaired) electrons. The molecule has 0 fully saturated rings. The number of nitrogens with zero attached hydrogens (tertiary/aromatic N) is 1. The largest absolute Gasteiger partial charge is 1.00 e. The van der Waals surface area contributed by atoms with Crippen molar-refractivity contribution < 1.29 is 58.9 Å². The van der Waals surface area contributed by atoms with Crippen molar-refractivity contribution in [2.24, 2.45) is 5.73 Å². The van der Waals surface area contributed by atoms with E-state index in [0.717, 1.165) is 16.8 Å². The number of aliphatic hydroxyl groups excluding tert-OH is 2. The van der Waals surface area contributed by atoms with Crippen molar-refractivity contribution in [3.63, 3.8) is 0 Å². The zero-order valence-corrected chi connectivity index (χ0v) is 19.5. The number of hydrogen-bond donors (Lipinski definition) is 3. The molecule has 2 atom stereocenters. The number of nitrogens with two attached hydrogens (primary N) is 1. The smallest absolute Gasteiger partial charge is 0.550 e. The fourth-order valence-electron chi connectivity index (χ4n) is 3.74. The predicted octanol–water partition coefficient (Wildman–Crippen LogP) is -2.09. The van der Waals surface area contributed by atoms with Crippen molar-refractivity contribution in [2.75, 3.05) is 0 Å². The van der Waals surface area contributed by atoms with Gasteiger partial charge >= 0.3 is 29.6 Å². The molecule has 9 heteroatoms. The first kappa shape index (κ1) is 26.3. The Morgan fingerprint density at radius 3 is 2.30 bits per heavy atom. The average Bonchev–Trinajstić information content (AvgIpc) is 2.91. The summed E-state index contributed by atoms with van der Waals surface area (Å²) in [4.78, 5) is 22.6.